The highest BCUT2D eigenvalue weighted by atomic mass is 16.6. The number of benzene rings is 1. The molecule has 0 radical (unpaired) electrons. The van der Waals surface area contributed by atoms with Gasteiger partial charge in [0.15, 0.2) is 6.04 Å². The maximum absolute atomic E-state index is 11.0. The van der Waals surface area contributed by atoms with Crippen LogP contribution < -0.4 is 11.5 Å². The Morgan fingerprint density at radius 3 is 2.89 bits per heavy atom. The molecule has 94 valence electrons. The average molecular weight is 249 g/mol. The minimum atomic E-state index is -0.553. The Hall–Kier alpha value is -2.41. The third-order valence-corrected chi connectivity index (χ3v) is 2.83. The molecule has 0 saturated carbocycles. The van der Waals surface area contributed by atoms with E-state index in [1.807, 2.05) is 0 Å². The zero-order chi connectivity index (χ0) is 13.3. The molecule has 0 unspecified atom stereocenters. The number of nitrogens with two attached hydrogens (primary N) is 1. The van der Waals surface area contributed by atoms with E-state index in [1.54, 1.807) is 12.3 Å². The minimum absolute atomic E-state index is 0.0167. The normalized spacial score (nSPS) is 12.5. The SMILES string of the molecule is NC(=O)[C@@H]([NH3+])Cc1c[nH]c2ccc([N+](=O)[O-])cc12. The molecule has 7 nitrogen and oxygen atoms in total. The lowest BCUT2D eigenvalue weighted by Gasteiger charge is -2.02. The molecule has 1 aromatic carbocycles. The summed E-state index contributed by atoms with van der Waals surface area (Å²) in [5.74, 6) is -0.491. The number of aromatic amines is 1. The van der Waals surface area contributed by atoms with Crippen LogP contribution >= 0.6 is 0 Å². The van der Waals surface area contributed by atoms with E-state index in [4.69, 9.17) is 5.73 Å². The number of nitrogens with one attached hydrogen (secondary N) is 1. The fourth-order valence-electron chi connectivity index (χ4n) is 1.81. The molecule has 18 heavy (non-hydrogen) atoms. The number of nitro groups is 1. The van der Waals surface area contributed by atoms with Gasteiger partial charge in [-0.3, -0.25) is 14.9 Å². The number of fused-ring (bicyclic) bond motifs is 1. The first-order valence-electron chi connectivity index (χ1n) is 5.36. The van der Waals surface area contributed by atoms with E-state index in [2.05, 4.69) is 10.7 Å². The lowest BCUT2D eigenvalue weighted by Crippen LogP contribution is -2.67. The summed E-state index contributed by atoms with van der Waals surface area (Å²) in [6.45, 7) is 0. The minimum Gasteiger partial charge on any atom is -0.365 e. The molecule has 0 aliphatic heterocycles. The summed E-state index contributed by atoms with van der Waals surface area (Å²) in [5.41, 5.74) is 10.4. The van der Waals surface area contributed by atoms with Crippen LogP contribution in [-0.2, 0) is 11.2 Å². The van der Waals surface area contributed by atoms with Gasteiger partial charge in [0.25, 0.3) is 11.6 Å². The molecule has 1 amide bonds. The second-order valence-electron chi connectivity index (χ2n) is 4.10. The highest BCUT2D eigenvalue weighted by Gasteiger charge is 2.17. The Bertz CT molecular complexity index is 620. The molecule has 0 fully saturated rings. The number of hydrogen-bond donors (Lipinski definition) is 3. The first kappa shape index (κ1) is 12.1. The Balaban J connectivity index is 2.42. The Kier molecular flexibility index (Phi) is 2.99. The molecule has 6 N–H and O–H groups in total. The molecule has 1 heterocycles. The highest BCUT2D eigenvalue weighted by molar-refractivity contribution is 5.86. The number of hydrogen-bond acceptors (Lipinski definition) is 3. The number of nitrogens with zero attached hydrogens (tertiary/aromatic N) is 1. The van der Waals surface area contributed by atoms with Crippen LogP contribution in [0.25, 0.3) is 10.9 Å². The number of rotatable bonds is 4. The van der Waals surface area contributed by atoms with Crippen molar-refractivity contribution in [3.05, 3.63) is 40.1 Å². The fourth-order valence-corrected chi connectivity index (χ4v) is 1.81. The van der Waals surface area contributed by atoms with Gasteiger partial charge >= 0.3 is 0 Å². The summed E-state index contributed by atoms with van der Waals surface area (Å²) in [5, 5.41) is 11.4. The summed E-state index contributed by atoms with van der Waals surface area (Å²) in [6, 6.07) is 4.00. The summed E-state index contributed by atoms with van der Waals surface area (Å²) >= 11 is 0. The number of primary amides is 1. The van der Waals surface area contributed by atoms with Gasteiger partial charge in [0.1, 0.15) is 0 Å². The van der Waals surface area contributed by atoms with Crippen LogP contribution in [0.2, 0.25) is 0 Å². The number of aromatic nitrogens is 1. The molecule has 1 atom stereocenters. The van der Waals surface area contributed by atoms with Gasteiger partial charge in [-0.1, -0.05) is 0 Å². The number of nitro benzene ring substituents is 1. The lowest BCUT2D eigenvalue weighted by atomic mass is 10.0. The Morgan fingerprint density at radius 1 is 1.56 bits per heavy atom. The molecule has 0 bridgehead atoms. The summed E-state index contributed by atoms with van der Waals surface area (Å²) in [7, 11) is 0. The van der Waals surface area contributed by atoms with Crippen molar-refractivity contribution in [1.29, 1.82) is 0 Å². The number of amides is 1. The zero-order valence-corrected chi connectivity index (χ0v) is 9.55. The van der Waals surface area contributed by atoms with Crippen LogP contribution in [0.3, 0.4) is 0 Å². The van der Waals surface area contributed by atoms with Crippen molar-refractivity contribution in [3.8, 4) is 0 Å². The van der Waals surface area contributed by atoms with Crippen molar-refractivity contribution in [2.75, 3.05) is 0 Å². The van der Waals surface area contributed by atoms with Crippen molar-refractivity contribution in [3.63, 3.8) is 0 Å². The number of carbonyl (C=O) groups excluding carboxylic acids is 1. The molecule has 2 rings (SSSR count). The van der Waals surface area contributed by atoms with Gasteiger partial charge in [0, 0.05) is 35.7 Å². The van der Waals surface area contributed by atoms with Gasteiger partial charge in [-0.2, -0.15) is 0 Å². The molecule has 0 saturated heterocycles. The van der Waals surface area contributed by atoms with Crippen molar-refractivity contribution in [2.24, 2.45) is 5.73 Å². The Labute approximate surface area is 102 Å². The van der Waals surface area contributed by atoms with E-state index in [0.717, 1.165) is 16.5 Å². The third kappa shape index (κ3) is 2.16. The van der Waals surface area contributed by atoms with Crippen LogP contribution in [0, 0.1) is 10.1 Å². The number of quaternary nitrogens is 1. The van der Waals surface area contributed by atoms with Crippen LogP contribution in [0.15, 0.2) is 24.4 Å². The Morgan fingerprint density at radius 2 is 2.28 bits per heavy atom. The van der Waals surface area contributed by atoms with Gasteiger partial charge in [-0.15, -0.1) is 0 Å². The van der Waals surface area contributed by atoms with Gasteiger partial charge in [0.05, 0.1) is 4.92 Å². The first-order valence-corrected chi connectivity index (χ1v) is 5.36. The van der Waals surface area contributed by atoms with Crippen LogP contribution in [-0.4, -0.2) is 21.9 Å². The van der Waals surface area contributed by atoms with Crippen molar-refractivity contribution in [1.82, 2.24) is 4.98 Å². The fraction of sp³-hybridized carbons (Fsp3) is 0.182. The van der Waals surface area contributed by atoms with Crippen molar-refractivity contribution < 1.29 is 15.5 Å². The molecule has 0 spiro atoms. The molecule has 0 aliphatic rings. The van der Waals surface area contributed by atoms with Crippen LogP contribution in [0.5, 0.6) is 0 Å². The number of H-pyrrole nitrogens is 1. The van der Waals surface area contributed by atoms with E-state index >= 15 is 0 Å². The van der Waals surface area contributed by atoms with Crippen LogP contribution in [0.4, 0.5) is 5.69 Å². The molecule has 0 aliphatic carbocycles. The second kappa shape index (κ2) is 4.46. The van der Waals surface area contributed by atoms with Gasteiger partial charge in [0.2, 0.25) is 0 Å². The molecule has 7 heteroatoms. The molecular formula is C11H13N4O3+. The third-order valence-electron chi connectivity index (χ3n) is 2.83. The maximum atomic E-state index is 11.0. The van der Waals surface area contributed by atoms with E-state index in [-0.39, 0.29) is 5.69 Å². The highest BCUT2D eigenvalue weighted by Crippen LogP contribution is 2.24. The number of non-ortho nitro benzene ring substituents is 1. The maximum Gasteiger partial charge on any atom is 0.275 e. The van der Waals surface area contributed by atoms with Crippen LogP contribution in [0.1, 0.15) is 5.56 Å². The summed E-state index contributed by atoms with van der Waals surface area (Å²) in [6.07, 6.45) is 2.08. The largest absolute Gasteiger partial charge is 0.365 e. The van der Waals surface area contributed by atoms with E-state index < -0.39 is 16.9 Å². The van der Waals surface area contributed by atoms with E-state index in [1.165, 1.54) is 12.1 Å². The molecule has 1 aromatic heterocycles. The second-order valence-corrected chi connectivity index (χ2v) is 4.10. The van der Waals surface area contributed by atoms with E-state index in [9.17, 15) is 14.9 Å². The topological polar surface area (TPSA) is 130 Å². The molecule has 2 aromatic rings. The monoisotopic (exact) mass is 249 g/mol. The lowest BCUT2D eigenvalue weighted by molar-refractivity contribution is -0.402. The average Bonchev–Trinajstić information content (AvgIpc) is 2.71. The summed E-state index contributed by atoms with van der Waals surface area (Å²) in [4.78, 5) is 24.2. The first-order chi connectivity index (χ1) is 8.49. The summed E-state index contributed by atoms with van der Waals surface area (Å²) < 4.78 is 0. The smallest absolute Gasteiger partial charge is 0.275 e. The van der Waals surface area contributed by atoms with E-state index in [0.29, 0.717) is 6.42 Å². The molecular weight excluding hydrogens is 236 g/mol. The predicted octanol–water partition coefficient (Wildman–Crippen LogP) is -0.286. The van der Waals surface area contributed by atoms with Gasteiger partial charge in [-0.05, 0) is 11.6 Å². The predicted molar refractivity (Wildman–Crippen MR) is 64.5 cm³/mol. The van der Waals surface area contributed by atoms with Crippen molar-refractivity contribution >= 4 is 22.5 Å². The standard InChI is InChI=1S/C11H12N4O3/c12-9(11(13)16)3-6-5-14-10-2-1-7(15(17)18)4-8(6)10/h1-2,4-5,9,14H,3,12H2,(H2,13,16)/p+1/t9-/m0/s1. The number of carbonyl (C=O) groups is 1. The quantitative estimate of drug-likeness (QED) is 0.508. The van der Waals surface area contributed by atoms with Gasteiger partial charge in [-0.25, -0.2) is 0 Å². The van der Waals surface area contributed by atoms with Gasteiger partial charge < -0.3 is 16.5 Å². The zero-order valence-electron chi connectivity index (χ0n) is 9.55. The van der Waals surface area contributed by atoms with Crippen molar-refractivity contribution in [2.45, 2.75) is 12.5 Å².